The van der Waals surface area contributed by atoms with Crippen molar-refractivity contribution in [1.82, 2.24) is 4.90 Å². The Morgan fingerprint density at radius 2 is 1.65 bits per heavy atom. The molecule has 1 saturated heterocycles. The standard InChI is InChI=1S/C21H21NO/c1-2-6-17(7-3-1)16-18-10-11-21(22-12-14-23-15-13-22)20-9-5-4-8-19(18)20/h1-11,16,21H,12-15H2/b18-16-. The Labute approximate surface area is 137 Å². The molecular formula is C21H21NO. The van der Waals surface area contributed by atoms with E-state index in [1.165, 1.54) is 22.3 Å². The minimum atomic E-state index is 0.364. The highest BCUT2D eigenvalue weighted by Crippen LogP contribution is 2.36. The fourth-order valence-electron chi connectivity index (χ4n) is 3.43. The van der Waals surface area contributed by atoms with Crippen LogP contribution in [0.4, 0.5) is 0 Å². The molecule has 1 fully saturated rings. The van der Waals surface area contributed by atoms with Gasteiger partial charge in [0.25, 0.3) is 0 Å². The molecule has 1 atom stereocenters. The molecule has 1 unspecified atom stereocenters. The van der Waals surface area contributed by atoms with Crippen LogP contribution in [0.25, 0.3) is 11.6 Å². The van der Waals surface area contributed by atoms with E-state index in [0.29, 0.717) is 6.04 Å². The van der Waals surface area contributed by atoms with Gasteiger partial charge in [0, 0.05) is 13.1 Å². The molecule has 1 heterocycles. The van der Waals surface area contributed by atoms with Crippen LogP contribution in [-0.4, -0.2) is 31.2 Å². The van der Waals surface area contributed by atoms with Crippen molar-refractivity contribution in [2.45, 2.75) is 6.04 Å². The number of hydrogen-bond acceptors (Lipinski definition) is 2. The Balaban J connectivity index is 1.71. The molecule has 4 rings (SSSR count). The second-order valence-corrected chi connectivity index (χ2v) is 6.05. The minimum absolute atomic E-state index is 0.364. The van der Waals surface area contributed by atoms with E-state index < -0.39 is 0 Å². The second-order valence-electron chi connectivity index (χ2n) is 6.05. The van der Waals surface area contributed by atoms with E-state index in [9.17, 15) is 0 Å². The first-order valence-electron chi connectivity index (χ1n) is 8.28. The smallest absolute Gasteiger partial charge is 0.0594 e. The summed E-state index contributed by atoms with van der Waals surface area (Å²) in [6, 6.07) is 19.7. The van der Waals surface area contributed by atoms with Gasteiger partial charge in [-0.1, -0.05) is 66.7 Å². The number of nitrogens with zero attached hydrogens (tertiary/aromatic N) is 1. The molecule has 0 radical (unpaired) electrons. The van der Waals surface area contributed by atoms with Crippen LogP contribution in [0.15, 0.2) is 66.7 Å². The zero-order valence-electron chi connectivity index (χ0n) is 13.2. The van der Waals surface area contributed by atoms with E-state index in [4.69, 9.17) is 4.74 Å². The third-order valence-corrected chi connectivity index (χ3v) is 4.61. The molecule has 2 heteroatoms. The molecule has 2 aromatic rings. The summed E-state index contributed by atoms with van der Waals surface area (Å²) in [6.45, 7) is 3.67. The van der Waals surface area contributed by atoms with Crippen LogP contribution >= 0.6 is 0 Å². The van der Waals surface area contributed by atoms with Crippen LogP contribution in [0.1, 0.15) is 22.7 Å². The van der Waals surface area contributed by atoms with Crippen molar-refractivity contribution < 1.29 is 4.74 Å². The molecule has 0 saturated carbocycles. The third-order valence-electron chi connectivity index (χ3n) is 4.61. The van der Waals surface area contributed by atoms with Gasteiger partial charge in [-0.15, -0.1) is 0 Å². The monoisotopic (exact) mass is 303 g/mol. The lowest BCUT2D eigenvalue weighted by molar-refractivity contribution is 0.0251. The maximum atomic E-state index is 5.50. The molecule has 2 aliphatic rings. The van der Waals surface area contributed by atoms with Crippen molar-refractivity contribution in [1.29, 1.82) is 0 Å². The number of morpholine rings is 1. The Morgan fingerprint density at radius 3 is 2.48 bits per heavy atom. The maximum Gasteiger partial charge on any atom is 0.0594 e. The maximum absolute atomic E-state index is 5.50. The molecule has 0 N–H and O–H groups in total. The van der Waals surface area contributed by atoms with Crippen LogP contribution in [-0.2, 0) is 4.74 Å². The molecule has 23 heavy (non-hydrogen) atoms. The largest absolute Gasteiger partial charge is 0.379 e. The molecule has 1 aliphatic carbocycles. The summed E-state index contributed by atoms with van der Waals surface area (Å²) >= 11 is 0. The van der Waals surface area contributed by atoms with Crippen LogP contribution in [0.2, 0.25) is 0 Å². The quantitative estimate of drug-likeness (QED) is 0.825. The van der Waals surface area contributed by atoms with Crippen molar-refractivity contribution in [3.05, 3.63) is 83.4 Å². The zero-order valence-corrected chi connectivity index (χ0v) is 13.2. The van der Waals surface area contributed by atoms with Crippen LogP contribution in [0.3, 0.4) is 0 Å². The van der Waals surface area contributed by atoms with E-state index in [1.807, 2.05) is 0 Å². The lowest BCUT2D eigenvalue weighted by Crippen LogP contribution is -2.39. The molecule has 0 aromatic heterocycles. The van der Waals surface area contributed by atoms with Crippen LogP contribution in [0.5, 0.6) is 0 Å². The van der Waals surface area contributed by atoms with Gasteiger partial charge >= 0.3 is 0 Å². The average molecular weight is 303 g/mol. The van der Waals surface area contributed by atoms with Gasteiger partial charge < -0.3 is 4.74 Å². The van der Waals surface area contributed by atoms with E-state index in [-0.39, 0.29) is 0 Å². The predicted octanol–water partition coefficient (Wildman–Crippen LogP) is 4.17. The highest BCUT2D eigenvalue weighted by molar-refractivity contribution is 5.90. The van der Waals surface area contributed by atoms with Crippen LogP contribution in [0, 0.1) is 0 Å². The molecule has 2 nitrogen and oxygen atoms in total. The van der Waals surface area contributed by atoms with Gasteiger partial charge in [0.1, 0.15) is 0 Å². The Bertz CT molecular complexity index is 727. The first-order valence-corrected chi connectivity index (χ1v) is 8.28. The lowest BCUT2D eigenvalue weighted by atomic mass is 9.87. The van der Waals surface area contributed by atoms with Crippen molar-refractivity contribution in [2.24, 2.45) is 0 Å². The summed E-state index contributed by atoms with van der Waals surface area (Å²) in [6.07, 6.45) is 6.88. The van der Waals surface area contributed by atoms with Gasteiger partial charge in [0.2, 0.25) is 0 Å². The SMILES string of the molecule is C1=CC(N2CCOCC2)c2ccccc2/C1=C\c1ccccc1. The van der Waals surface area contributed by atoms with Gasteiger partial charge in [-0.3, -0.25) is 4.90 Å². The number of ether oxygens (including phenoxy) is 1. The summed E-state index contributed by atoms with van der Waals surface area (Å²) in [5.41, 5.74) is 5.28. The van der Waals surface area contributed by atoms with Gasteiger partial charge in [0.15, 0.2) is 0 Å². The van der Waals surface area contributed by atoms with E-state index in [0.717, 1.165) is 26.3 Å². The summed E-state index contributed by atoms with van der Waals surface area (Å²) in [5.74, 6) is 0. The topological polar surface area (TPSA) is 12.5 Å². The van der Waals surface area contributed by atoms with Gasteiger partial charge in [-0.25, -0.2) is 0 Å². The molecule has 0 spiro atoms. The number of hydrogen-bond donors (Lipinski definition) is 0. The highest BCUT2D eigenvalue weighted by atomic mass is 16.5. The lowest BCUT2D eigenvalue weighted by Gasteiger charge is -2.35. The summed E-state index contributed by atoms with van der Waals surface area (Å²) in [4.78, 5) is 2.51. The van der Waals surface area contributed by atoms with Crippen LogP contribution < -0.4 is 0 Å². The summed E-state index contributed by atoms with van der Waals surface area (Å²) < 4.78 is 5.50. The van der Waals surface area contributed by atoms with Crippen molar-refractivity contribution in [2.75, 3.05) is 26.3 Å². The van der Waals surface area contributed by atoms with Gasteiger partial charge in [0.05, 0.1) is 19.3 Å². The van der Waals surface area contributed by atoms with Crippen molar-refractivity contribution in [3.63, 3.8) is 0 Å². The van der Waals surface area contributed by atoms with E-state index in [2.05, 4.69) is 77.7 Å². The first-order chi connectivity index (χ1) is 11.4. The fraction of sp³-hybridized carbons (Fsp3) is 0.238. The molecule has 1 aliphatic heterocycles. The molecular weight excluding hydrogens is 282 g/mol. The minimum Gasteiger partial charge on any atom is -0.379 e. The number of fused-ring (bicyclic) bond motifs is 1. The predicted molar refractivity (Wildman–Crippen MR) is 95.0 cm³/mol. The van der Waals surface area contributed by atoms with Crippen molar-refractivity contribution in [3.8, 4) is 0 Å². The average Bonchev–Trinajstić information content (AvgIpc) is 2.64. The summed E-state index contributed by atoms with van der Waals surface area (Å²) in [7, 11) is 0. The van der Waals surface area contributed by atoms with E-state index in [1.54, 1.807) is 0 Å². The number of benzene rings is 2. The second kappa shape index (κ2) is 6.53. The highest BCUT2D eigenvalue weighted by Gasteiger charge is 2.25. The molecule has 0 amide bonds. The molecule has 116 valence electrons. The van der Waals surface area contributed by atoms with Crippen molar-refractivity contribution >= 4 is 11.6 Å². The molecule has 2 aromatic carbocycles. The summed E-state index contributed by atoms with van der Waals surface area (Å²) in [5, 5.41) is 0. The first kappa shape index (κ1) is 14.4. The number of rotatable bonds is 2. The normalized spacial score (nSPS) is 23.0. The Hall–Kier alpha value is -2.16. The Kier molecular flexibility index (Phi) is 4.10. The fourth-order valence-corrected chi connectivity index (χ4v) is 3.43. The number of allylic oxidation sites excluding steroid dienone is 2. The zero-order chi connectivity index (χ0) is 15.5. The Morgan fingerprint density at radius 1 is 0.913 bits per heavy atom. The van der Waals surface area contributed by atoms with E-state index >= 15 is 0 Å². The van der Waals surface area contributed by atoms with Gasteiger partial charge in [-0.05, 0) is 28.3 Å². The third kappa shape index (κ3) is 3.00. The van der Waals surface area contributed by atoms with Gasteiger partial charge in [-0.2, -0.15) is 0 Å². The molecule has 0 bridgehead atoms.